The first-order valence-corrected chi connectivity index (χ1v) is 11.3. The highest BCUT2D eigenvalue weighted by Gasteiger charge is 2.44. The van der Waals surface area contributed by atoms with Crippen LogP contribution in [0.1, 0.15) is 13.8 Å². The Morgan fingerprint density at radius 3 is 1.33 bits per heavy atom. The maximum absolute atomic E-state index is 15.4. The molecule has 0 heterocycles. The number of hydrogen-bond acceptors (Lipinski definition) is 1. The molecule has 3 aromatic carbocycles. The first kappa shape index (κ1) is 19.3. The third-order valence-electron chi connectivity index (χ3n) is 4.86. The summed E-state index contributed by atoms with van der Waals surface area (Å²) in [6, 6.07) is 31.0. The predicted octanol–water partition coefficient (Wildman–Crippen LogP) is 5.09. The van der Waals surface area contributed by atoms with Crippen LogP contribution in [0.15, 0.2) is 103 Å². The Morgan fingerprint density at radius 1 is 0.704 bits per heavy atom. The Hall–Kier alpha value is -2.44. The molecule has 3 rings (SSSR count). The molecule has 0 spiro atoms. The lowest BCUT2D eigenvalue weighted by Crippen LogP contribution is -2.31. The van der Waals surface area contributed by atoms with Gasteiger partial charge in [-0.25, -0.2) is 0 Å². The van der Waals surface area contributed by atoms with Crippen LogP contribution in [0.2, 0.25) is 0 Å². The summed E-state index contributed by atoms with van der Waals surface area (Å²) >= 11 is 0. The standard InChI is InChI=1S/C24H26FNP/c1-3-26(4-2)24(25)20-27(21-14-8-5-9-15-21,22-16-10-6-11-17-22)23-18-12-7-13-19-23/h5-20H,3-4H2,1-2H3/q+1/b24-20+. The van der Waals surface area contributed by atoms with Crippen LogP contribution in [0, 0.1) is 0 Å². The smallest absolute Gasteiger partial charge is 0.225 e. The Bertz CT molecular complexity index is 762. The Labute approximate surface area is 162 Å². The second-order valence-corrected chi connectivity index (χ2v) is 9.61. The first-order chi connectivity index (χ1) is 13.2. The normalized spacial score (nSPS) is 12.0. The molecule has 0 amide bonds. The van der Waals surface area contributed by atoms with Crippen LogP contribution >= 0.6 is 7.26 Å². The van der Waals surface area contributed by atoms with E-state index in [0.717, 1.165) is 15.9 Å². The van der Waals surface area contributed by atoms with E-state index in [1.54, 1.807) is 4.90 Å². The molecule has 0 aliphatic rings. The second-order valence-electron chi connectivity index (χ2n) is 6.35. The third-order valence-corrected chi connectivity index (χ3v) is 8.79. The van der Waals surface area contributed by atoms with Crippen molar-refractivity contribution in [2.45, 2.75) is 13.8 Å². The minimum absolute atomic E-state index is 0.148. The number of rotatable bonds is 7. The van der Waals surface area contributed by atoms with Crippen LogP contribution in [0.5, 0.6) is 0 Å². The molecule has 0 aromatic heterocycles. The van der Waals surface area contributed by atoms with Gasteiger partial charge in [0.05, 0.1) is 0 Å². The van der Waals surface area contributed by atoms with Gasteiger partial charge in [0.1, 0.15) is 29.0 Å². The summed E-state index contributed by atoms with van der Waals surface area (Å²) in [6.07, 6.45) is 0. The van der Waals surface area contributed by atoms with Crippen LogP contribution in [0.4, 0.5) is 4.39 Å². The van der Waals surface area contributed by atoms with Crippen LogP contribution < -0.4 is 15.9 Å². The fraction of sp³-hybridized carbons (Fsp3) is 0.167. The summed E-state index contributed by atoms with van der Waals surface area (Å²) in [7, 11) is -2.27. The summed E-state index contributed by atoms with van der Waals surface area (Å²) < 4.78 is 15.4. The van der Waals surface area contributed by atoms with Gasteiger partial charge in [-0.3, -0.25) is 0 Å². The molecule has 0 radical (unpaired) electrons. The second kappa shape index (κ2) is 8.97. The van der Waals surface area contributed by atoms with Crippen molar-refractivity contribution in [2.75, 3.05) is 13.1 Å². The summed E-state index contributed by atoms with van der Waals surface area (Å²) in [5.74, 6) is 1.74. The van der Waals surface area contributed by atoms with Gasteiger partial charge in [-0.2, -0.15) is 4.39 Å². The highest BCUT2D eigenvalue weighted by Crippen LogP contribution is 2.57. The van der Waals surface area contributed by atoms with E-state index < -0.39 is 7.26 Å². The van der Waals surface area contributed by atoms with E-state index in [4.69, 9.17) is 0 Å². The molecule has 0 atom stereocenters. The Kier molecular flexibility index (Phi) is 6.42. The molecule has 0 aliphatic heterocycles. The topological polar surface area (TPSA) is 3.24 Å². The predicted molar refractivity (Wildman–Crippen MR) is 117 cm³/mol. The van der Waals surface area contributed by atoms with Gasteiger partial charge in [-0.1, -0.05) is 54.6 Å². The van der Waals surface area contributed by atoms with Crippen LogP contribution in [0.3, 0.4) is 0 Å². The summed E-state index contributed by atoms with van der Waals surface area (Å²) in [6.45, 7) is 5.28. The Morgan fingerprint density at radius 2 is 1.04 bits per heavy atom. The van der Waals surface area contributed by atoms with E-state index in [2.05, 4.69) is 36.4 Å². The van der Waals surface area contributed by atoms with E-state index in [1.165, 1.54) is 0 Å². The van der Waals surface area contributed by atoms with Crippen molar-refractivity contribution in [1.29, 1.82) is 0 Å². The molecular formula is C24H26FNP+. The number of nitrogens with zero attached hydrogens (tertiary/aromatic N) is 1. The van der Waals surface area contributed by atoms with Gasteiger partial charge < -0.3 is 4.90 Å². The van der Waals surface area contributed by atoms with Crippen molar-refractivity contribution in [3.63, 3.8) is 0 Å². The number of halogens is 1. The van der Waals surface area contributed by atoms with Gasteiger partial charge in [0.25, 0.3) is 0 Å². The van der Waals surface area contributed by atoms with E-state index in [0.29, 0.717) is 13.1 Å². The van der Waals surface area contributed by atoms with Gasteiger partial charge >= 0.3 is 0 Å². The summed E-state index contributed by atoms with van der Waals surface area (Å²) in [5.41, 5.74) is 0. The van der Waals surface area contributed by atoms with Gasteiger partial charge in [-0.15, -0.1) is 0 Å². The van der Waals surface area contributed by atoms with Crippen molar-refractivity contribution in [2.24, 2.45) is 0 Å². The van der Waals surface area contributed by atoms with Gasteiger partial charge in [0.2, 0.25) is 5.95 Å². The molecule has 27 heavy (non-hydrogen) atoms. The van der Waals surface area contributed by atoms with E-state index in [-0.39, 0.29) is 5.95 Å². The van der Waals surface area contributed by atoms with Gasteiger partial charge in [0.15, 0.2) is 0 Å². The molecule has 0 fully saturated rings. The van der Waals surface area contributed by atoms with E-state index >= 15 is 4.39 Å². The van der Waals surface area contributed by atoms with Crippen molar-refractivity contribution >= 4 is 23.2 Å². The first-order valence-electron chi connectivity index (χ1n) is 9.41. The van der Waals surface area contributed by atoms with Crippen molar-refractivity contribution in [3.05, 3.63) is 103 Å². The molecule has 3 heteroatoms. The van der Waals surface area contributed by atoms with Gasteiger partial charge in [0, 0.05) is 13.1 Å². The minimum atomic E-state index is -2.27. The molecule has 1 nitrogen and oxygen atoms in total. The van der Waals surface area contributed by atoms with E-state index in [1.807, 2.05) is 74.3 Å². The zero-order valence-electron chi connectivity index (χ0n) is 15.9. The average Bonchev–Trinajstić information content (AvgIpc) is 2.75. The lowest BCUT2D eigenvalue weighted by molar-refractivity contribution is 0.295. The molecule has 0 saturated carbocycles. The van der Waals surface area contributed by atoms with E-state index in [9.17, 15) is 0 Å². The summed E-state index contributed by atoms with van der Waals surface area (Å²) in [5, 5.41) is 3.47. The van der Waals surface area contributed by atoms with Crippen LogP contribution in [0.25, 0.3) is 0 Å². The maximum Gasteiger partial charge on any atom is 0.225 e. The van der Waals surface area contributed by atoms with Crippen LogP contribution in [-0.2, 0) is 0 Å². The zero-order valence-corrected chi connectivity index (χ0v) is 16.8. The quantitative estimate of drug-likeness (QED) is 0.409. The largest absolute Gasteiger partial charge is 0.346 e. The van der Waals surface area contributed by atoms with Crippen molar-refractivity contribution in [1.82, 2.24) is 4.90 Å². The number of hydrogen-bond donors (Lipinski definition) is 0. The third kappa shape index (κ3) is 3.96. The fourth-order valence-corrected chi connectivity index (χ4v) is 7.18. The highest BCUT2D eigenvalue weighted by atomic mass is 31.2. The maximum atomic E-state index is 15.4. The molecule has 0 bridgehead atoms. The molecule has 138 valence electrons. The minimum Gasteiger partial charge on any atom is -0.346 e. The fourth-order valence-electron chi connectivity index (χ4n) is 3.43. The molecular weight excluding hydrogens is 352 g/mol. The Balaban J connectivity index is 2.35. The molecule has 0 aliphatic carbocycles. The van der Waals surface area contributed by atoms with Gasteiger partial charge in [-0.05, 0) is 50.2 Å². The molecule has 3 aromatic rings. The molecule has 0 N–H and O–H groups in total. The monoisotopic (exact) mass is 378 g/mol. The SMILES string of the molecule is CCN(CC)/C(F)=C/[P+](c1ccccc1)(c1ccccc1)c1ccccc1. The summed E-state index contributed by atoms with van der Waals surface area (Å²) in [4.78, 5) is 1.78. The highest BCUT2D eigenvalue weighted by molar-refractivity contribution is 7.98. The van der Waals surface area contributed by atoms with Crippen LogP contribution in [-0.4, -0.2) is 18.0 Å². The molecule has 0 unspecified atom stereocenters. The lowest BCUT2D eigenvalue weighted by Gasteiger charge is -2.26. The lowest BCUT2D eigenvalue weighted by atomic mass is 10.4. The van der Waals surface area contributed by atoms with Crippen molar-refractivity contribution in [3.8, 4) is 0 Å². The van der Waals surface area contributed by atoms with Crippen molar-refractivity contribution < 1.29 is 4.39 Å². The number of benzene rings is 3. The molecule has 0 saturated heterocycles. The zero-order chi connectivity index (χ0) is 19.1. The average molecular weight is 378 g/mol.